The molecule has 0 saturated carbocycles. The van der Waals surface area contributed by atoms with Gasteiger partial charge in [0.15, 0.2) is 5.11 Å². The smallest absolute Gasteiger partial charge is 0.179 e. The highest BCUT2D eigenvalue weighted by atomic mass is 35.5. The minimum atomic E-state index is 0.563. The third-order valence-corrected chi connectivity index (χ3v) is 3.75. The Hall–Kier alpha value is -2.09. The molecule has 0 aliphatic carbocycles. The molecular formula is C16H14ClN3S. The van der Waals surface area contributed by atoms with E-state index in [2.05, 4.69) is 6.07 Å². The lowest BCUT2D eigenvalue weighted by molar-refractivity contribution is 0.611. The third-order valence-electron chi connectivity index (χ3n) is 2.94. The monoisotopic (exact) mass is 315 g/mol. The predicted octanol–water partition coefficient (Wildman–Crippen LogP) is 3.90. The van der Waals surface area contributed by atoms with Crippen molar-refractivity contribution in [2.75, 3.05) is 14.1 Å². The first kappa shape index (κ1) is 15.3. The maximum absolute atomic E-state index is 9.38. The van der Waals surface area contributed by atoms with Gasteiger partial charge in [0.2, 0.25) is 0 Å². The molecule has 0 fully saturated rings. The fourth-order valence-corrected chi connectivity index (χ4v) is 2.15. The maximum atomic E-state index is 9.38. The molecule has 0 bridgehead atoms. The second-order valence-corrected chi connectivity index (χ2v) is 5.46. The van der Waals surface area contributed by atoms with Gasteiger partial charge in [0.05, 0.1) is 11.6 Å². The van der Waals surface area contributed by atoms with Crippen LogP contribution in [0.5, 0.6) is 0 Å². The predicted molar refractivity (Wildman–Crippen MR) is 91.1 cm³/mol. The Balaban J connectivity index is 2.42. The minimum absolute atomic E-state index is 0.563. The first-order chi connectivity index (χ1) is 10.0. The zero-order chi connectivity index (χ0) is 15.4. The zero-order valence-corrected chi connectivity index (χ0v) is 13.3. The number of hydrogen-bond donors (Lipinski definition) is 0. The number of thiocarbonyl (C=S) groups is 1. The number of hydrogen-bond acceptors (Lipinski definition) is 2. The minimum Gasteiger partial charge on any atom is -0.355 e. The largest absolute Gasteiger partial charge is 0.355 e. The molecule has 0 radical (unpaired) electrons. The summed E-state index contributed by atoms with van der Waals surface area (Å²) in [5, 5.41) is 10.7. The van der Waals surface area contributed by atoms with Gasteiger partial charge >= 0.3 is 0 Å². The van der Waals surface area contributed by atoms with Crippen molar-refractivity contribution in [2.45, 2.75) is 0 Å². The van der Waals surface area contributed by atoms with E-state index in [1.54, 1.807) is 12.1 Å². The Kier molecular flexibility index (Phi) is 4.79. The molecule has 0 aliphatic heterocycles. The van der Waals surface area contributed by atoms with Crippen LogP contribution in [0.25, 0.3) is 11.6 Å². The van der Waals surface area contributed by atoms with Crippen molar-refractivity contribution in [1.82, 2.24) is 9.47 Å². The maximum Gasteiger partial charge on any atom is 0.179 e. The molecule has 1 heterocycles. The fraction of sp³-hybridized carbons (Fsp3) is 0.125. The molecule has 0 N–H and O–H groups in total. The molecule has 2 rings (SSSR count). The van der Waals surface area contributed by atoms with Crippen LogP contribution in [0.2, 0.25) is 5.02 Å². The second-order valence-electron chi connectivity index (χ2n) is 4.66. The number of halogens is 1. The van der Waals surface area contributed by atoms with Crippen LogP contribution in [0, 0.1) is 11.3 Å². The van der Waals surface area contributed by atoms with E-state index in [0.717, 1.165) is 11.3 Å². The molecular weight excluding hydrogens is 302 g/mol. The van der Waals surface area contributed by atoms with Crippen molar-refractivity contribution in [3.05, 3.63) is 58.9 Å². The van der Waals surface area contributed by atoms with Crippen LogP contribution in [-0.2, 0) is 0 Å². The molecule has 0 amide bonds. The Morgan fingerprint density at radius 3 is 2.52 bits per heavy atom. The first-order valence-electron chi connectivity index (χ1n) is 6.29. The Morgan fingerprint density at radius 2 is 1.95 bits per heavy atom. The summed E-state index contributed by atoms with van der Waals surface area (Å²) >= 11 is 11.2. The second kappa shape index (κ2) is 6.57. The van der Waals surface area contributed by atoms with E-state index in [4.69, 9.17) is 23.8 Å². The van der Waals surface area contributed by atoms with E-state index < -0.39 is 0 Å². The summed E-state index contributed by atoms with van der Waals surface area (Å²) in [5.41, 5.74) is 2.25. The number of rotatable bonds is 2. The van der Waals surface area contributed by atoms with Crippen LogP contribution < -0.4 is 0 Å². The summed E-state index contributed by atoms with van der Waals surface area (Å²) < 4.78 is 1.86. The lowest BCUT2D eigenvalue weighted by Gasteiger charge is -2.16. The van der Waals surface area contributed by atoms with Gasteiger partial charge in [0.1, 0.15) is 0 Å². The van der Waals surface area contributed by atoms with Gasteiger partial charge in [-0.1, -0.05) is 23.7 Å². The molecule has 1 aromatic carbocycles. The van der Waals surface area contributed by atoms with Crippen molar-refractivity contribution < 1.29 is 0 Å². The van der Waals surface area contributed by atoms with Gasteiger partial charge in [-0.05, 0) is 48.1 Å². The normalized spacial score (nSPS) is 11.0. The third kappa shape index (κ3) is 3.52. The molecule has 106 valence electrons. The molecule has 0 saturated heterocycles. The quantitative estimate of drug-likeness (QED) is 0.622. The van der Waals surface area contributed by atoms with Crippen LogP contribution in [0.1, 0.15) is 11.3 Å². The Labute approximate surface area is 134 Å². The lowest BCUT2D eigenvalue weighted by atomic mass is 10.1. The Bertz CT molecular complexity index is 721. The summed E-state index contributed by atoms with van der Waals surface area (Å²) in [6.45, 7) is 0. The van der Waals surface area contributed by atoms with E-state index in [0.29, 0.717) is 15.7 Å². The number of allylic oxidation sites excluding steroid dienone is 1. The fourth-order valence-electron chi connectivity index (χ4n) is 1.86. The van der Waals surface area contributed by atoms with Crippen molar-refractivity contribution in [3.63, 3.8) is 0 Å². The molecule has 0 unspecified atom stereocenters. The van der Waals surface area contributed by atoms with Crippen LogP contribution in [0.3, 0.4) is 0 Å². The summed E-state index contributed by atoms with van der Waals surface area (Å²) in [6, 6.07) is 13.2. The average molecular weight is 316 g/mol. The summed E-state index contributed by atoms with van der Waals surface area (Å²) in [5.74, 6) is 0. The van der Waals surface area contributed by atoms with Crippen molar-refractivity contribution in [1.29, 1.82) is 5.26 Å². The van der Waals surface area contributed by atoms with Crippen LogP contribution in [0.15, 0.2) is 42.6 Å². The summed E-state index contributed by atoms with van der Waals surface area (Å²) in [4.78, 5) is 1.85. The van der Waals surface area contributed by atoms with E-state index >= 15 is 0 Å². The molecule has 5 heteroatoms. The summed E-state index contributed by atoms with van der Waals surface area (Å²) in [7, 11) is 3.78. The van der Waals surface area contributed by atoms with E-state index in [1.165, 1.54) is 0 Å². The van der Waals surface area contributed by atoms with Crippen LogP contribution >= 0.6 is 23.8 Å². The molecule has 21 heavy (non-hydrogen) atoms. The SMILES string of the molecule is CN(C)C(=S)n1cccc1/C=C(\C#N)c1ccc(Cl)cc1. The first-order valence-corrected chi connectivity index (χ1v) is 7.08. The van der Waals surface area contributed by atoms with E-state index in [1.807, 2.05) is 60.1 Å². The molecule has 3 nitrogen and oxygen atoms in total. The topological polar surface area (TPSA) is 32.0 Å². The molecule has 2 aromatic rings. The average Bonchev–Trinajstić information content (AvgIpc) is 2.93. The van der Waals surface area contributed by atoms with Gasteiger partial charge in [-0.3, -0.25) is 4.57 Å². The lowest BCUT2D eigenvalue weighted by Crippen LogP contribution is -2.27. The van der Waals surface area contributed by atoms with Crippen molar-refractivity contribution >= 4 is 40.6 Å². The summed E-state index contributed by atoms with van der Waals surface area (Å²) in [6.07, 6.45) is 3.70. The van der Waals surface area contributed by atoms with Crippen molar-refractivity contribution in [3.8, 4) is 6.07 Å². The van der Waals surface area contributed by atoms with Gasteiger partial charge in [-0.25, -0.2) is 0 Å². The van der Waals surface area contributed by atoms with Gasteiger partial charge in [-0.2, -0.15) is 5.26 Å². The van der Waals surface area contributed by atoms with Crippen LogP contribution in [0.4, 0.5) is 0 Å². The number of aromatic nitrogens is 1. The van der Waals surface area contributed by atoms with Gasteiger partial charge in [0, 0.05) is 31.0 Å². The molecule has 1 aromatic heterocycles. The van der Waals surface area contributed by atoms with Crippen LogP contribution in [-0.4, -0.2) is 28.7 Å². The van der Waals surface area contributed by atoms with Crippen molar-refractivity contribution in [2.24, 2.45) is 0 Å². The van der Waals surface area contributed by atoms with E-state index in [9.17, 15) is 5.26 Å². The number of benzene rings is 1. The number of nitrogens with zero attached hydrogens (tertiary/aromatic N) is 3. The zero-order valence-electron chi connectivity index (χ0n) is 11.7. The Morgan fingerprint density at radius 1 is 1.29 bits per heavy atom. The molecule has 0 spiro atoms. The van der Waals surface area contributed by atoms with E-state index in [-0.39, 0.29) is 0 Å². The standard InChI is InChI=1S/C16H14ClN3S/c1-19(2)16(21)20-9-3-4-15(20)10-13(11-18)12-5-7-14(17)8-6-12/h3-10H,1-2H3/b13-10+. The molecule has 0 atom stereocenters. The highest BCUT2D eigenvalue weighted by molar-refractivity contribution is 7.80. The number of nitriles is 1. The van der Waals surface area contributed by atoms with Gasteiger partial charge < -0.3 is 4.90 Å². The molecule has 0 aliphatic rings. The highest BCUT2D eigenvalue weighted by Gasteiger charge is 2.08. The van der Waals surface area contributed by atoms with Gasteiger partial charge in [-0.15, -0.1) is 0 Å². The van der Waals surface area contributed by atoms with Gasteiger partial charge in [0.25, 0.3) is 0 Å². The highest BCUT2D eigenvalue weighted by Crippen LogP contribution is 2.20.